The number of carbonyl (C=O) groups is 2. The van der Waals surface area contributed by atoms with Crippen molar-refractivity contribution < 1.29 is 46.1 Å². The first-order chi connectivity index (χ1) is 8.78. The lowest BCUT2D eigenvalue weighted by Gasteiger charge is -1.93. The number of nitrogens with two attached hydrogens (primary N) is 1. The van der Waals surface area contributed by atoms with Crippen molar-refractivity contribution in [3.8, 4) is 0 Å². The van der Waals surface area contributed by atoms with E-state index in [4.69, 9.17) is 25.5 Å². The fraction of sp³-hybridized carbons (Fsp3) is 0.750. The zero-order chi connectivity index (χ0) is 16.6. The average molecular weight is 314 g/mol. The van der Waals surface area contributed by atoms with Crippen LogP contribution in [0.3, 0.4) is 0 Å². The lowest BCUT2D eigenvalue weighted by atomic mass is 10.3. The van der Waals surface area contributed by atoms with Gasteiger partial charge in [-0.05, 0) is 13.0 Å². The standard InChI is InChI=1S/C4H10N2.2C2HF3O2/c5-4-1-2-6-3-4;2*3-2(4,5)1(6)7/h4,6H,1-3,5H2;2*(H,6,7). The van der Waals surface area contributed by atoms with Gasteiger partial charge in [0, 0.05) is 12.6 Å². The second-order valence-electron chi connectivity index (χ2n) is 3.36. The van der Waals surface area contributed by atoms with Crippen molar-refractivity contribution in [1.82, 2.24) is 5.32 Å². The van der Waals surface area contributed by atoms with Crippen molar-refractivity contribution in [1.29, 1.82) is 0 Å². The van der Waals surface area contributed by atoms with Gasteiger partial charge in [0.05, 0.1) is 0 Å². The van der Waals surface area contributed by atoms with E-state index < -0.39 is 24.3 Å². The van der Waals surface area contributed by atoms with Gasteiger partial charge in [-0.2, -0.15) is 26.3 Å². The fourth-order valence-corrected chi connectivity index (χ4v) is 0.677. The molecule has 1 aliphatic heterocycles. The number of alkyl halides is 6. The number of carboxylic acids is 2. The van der Waals surface area contributed by atoms with E-state index in [1.807, 2.05) is 0 Å². The Balaban J connectivity index is 0. The number of rotatable bonds is 0. The molecular formula is C8H12F6N2O4. The molecular weight excluding hydrogens is 302 g/mol. The first-order valence-electron chi connectivity index (χ1n) is 4.85. The summed E-state index contributed by atoms with van der Waals surface area (Å²) in [5, 5.41) is 17.4. The van der Waals surface area contributed by atoms with Gasteiger partial charge in [-0.3, -0.25) is 0 Å². The van der Waals surface area contributed by atoms with Crippen molar-refractivity contribution in [3.63, 3.8) is 0 Å². The molecule has 1 aliphatic rings. The Hall–Kier alpha value is -1.56. The van der Waals surface area contributed by atoms with E-state index in [0.717, 1.165) is 19.5 Å². The Morgan fingerprint density at radius 2 is 1.30 bits per heavy atom. The minimum absolute atomic E-state index is 0.435. The van der Waals surface area contributed by atoms with Gasteiger partial charge in [0.15, 0.2) is 0 Å². The molecule has 0 bridgehead atoms. The van der Waals surface area contributed by atoms with Gasteiger partial charge >= 0.3 is 24.3 Å². The lowest BCUT2D eigenvalue weighted by Crippen LogP contribution is -2.21. The Kier molecular flexibility index (Phi) is 8.90. The van der Waals surface area contributed by atoms with Crippen LogP contribution in [0.1, 0.15) is 6.42 Å². The second-order valence-corrected chi connectivity index (χ2v) is 3.36. The molecule has 0 aliphatic carbocycles. The van der Waals surface area contributed by atoms with Crippen molar-refractivity contribution in [3.05, 3.63) is 0 Å². The van der Waals surface area contributed by atoms with Crippen LogP contribution >= 0.6 is 0 Å². The van der Waals surface area contributed by atoms with Crippen LogP contribution in [0, 0.1) is 0 Å². The van der Waals surface area contributed by atoms with Gasteiger partial charge in [-0.1, -0.05) is 0 Å². The summed E-state index contributed by atoms with van der Waals surface area (Å²) >= 11 is 0. The molecule has 0 aromatic heterocycles. The Bertz CT molecular complexity index is 287. The first kappa shape index (κ1) is 20.8. The second kappa shape index (κ2) is 8.58. The predicted molar refractivity (Wildman–Crippen MR) is 52.8 cm³/mol. The number of nitrogens with one attached hydrogen (secondary N) is 1. The largest absolute Gasteiger partial charge is 0.490 e. The third-order valence-electron chi connectivity index (χ3n) is 1.58. The molecule has 0 saturated carbocycles. The maximum atomic E-state index is 10.6. The number of halogens is 6. The molecule has 0 radical (unpaired) electrons. The third kappa shape index (κ3) is 12.9. The maximum Gasteiger partial charge on any atom is 0.490 e. The fourth-order valence-electron chi connectivity index (χ4n) is 0.677. The van der Waals surface area contributed by atoms with Crippen LogP contribution in [0.15, 0.2) is 0 Å². The van der Waals surface area contributed by atoms with E-state index in [1.54, 1.807) is 0 Å². The van der Waals surface area contributed by atoms with Gasteiger partial charge in [0.1, 0.15) is 0 Å². The molecule has 1 fully saturated rings. The summed E-state index contributed by atoms with van der Waals surface area (Å²) in [4.78, 5) is 17.8. The summed E-state index contributed by atoms with van der Waals surface area (Å²) < 4.78 is 63.5. The molecule has 5 N–H and O–H groups in total. The average Bonchev–Trinajstić information content (AvgIpc) is 2.67. The summed E-state index contributed by atoms with van der Waals surface area (Å²) in [5.41, 5.74) is 5.47. The van der Waals surface area contributed by atoms with E-state index in [-0.39, 0.29) is 0 Å². The molecule has 120 valence electrons. The van der Waals surface area contributed by atoms with Crippen molar-refractivity contribution in [2.24, 2.45) is 5.73 Å². The molecule has 12 heteroatoms. The molecule has 1 rings (SSSR count). The molecule has 1 saturated heterocycles. The highest BCUT2D eigenvalue weighted by molar-refractivity contribution is 5.73. The number of carboxylic acid groups (broad SMARTS) is 2. The maximum absolute atomic E-state index is 10.6. The normalized spacial score (nSPS) is 18.2. The Labute approximate surface area is 108 Å². The van der Waals surface area contributed by atoms with Gasteiger partial charge < -0.3 is 21.3 Å². The molecule has 6 nitrogen and oxygen atoms in total. The van der Waals surface area contributed by atoms with Crippen molar-refractivity contribution in [2.45, 2.75) is 24.8 Å². The SMILES string of the molecule is NC1CCNC1.O=C(O)C(F)(F)F.O=C(O)C(F)(F)F. The predicted octanol–water partition coefficient (Wildman–Crippen LogP) is 0.574. The van der Waals surface area contributed by atoms with E-state index in [1.165, 1.54) is 0 Å². The molecule has 0 aromatic rings. The molecule has 1 atom stereocenters. The summed E-state index contributed by atoms with van der Waals surface area (Å²) in [6.45, 7) is 2.13. The first-order valence-corrected chi connectivity index (χ1v) is 4.85. The number of hydrogen-bond acceptors (Lipinski definition) is 4. The van der Waals surface area contributed by atoms with E-state index in [9.17, 15) is 26.3 Å². The highest BCUT2D eigenvalue weighted by Crippen LogP contribution is 2.13. The summed E-state index contributed by atoms with van der Waals surface area (Å²) in [6, 6.07) is 0.435. The highest BCUT2D eigenvalue weighted by atomic mass is 19.4. The van der Waals surface area contributed by atoms with Gasteiger partial charge in [0.2, 0.25) is 0 Å². The Morgan fingerprint density at radius 3 is 1.35 bits per heavy atom. The van der Waals surface area contributed by atoms with Crippen molar-refractivity contribution in [2.75, 3.05) is 13.1 Å². The summed E-state index contributed by atoms with van der Waals surface area (Å²) in [7, 11) is 0. The number of aliphatic carboxylic acids is 2. The summed E-state index contributed by atoms with van der Waals surface area (Å²) in [5.74, 6) is -5.51. The Morgan fingerprint density at radius 1 is 1.00 bits per heavy atom. The van der Waals surface area contributed by atoms with Gasteiger partial charge in [-0.15, -0.1) is 0 Å². The van der Waals surface area contributed by atoms with Crippen LogP contribution in [-0.4, -0.2) is 53.6 Å². The zero-order valence-electron chi connectivity index (χ0n) is 9.75. The third-order valence-corrected chi connectivity index (χ3v) is 1.58. The molecule has 0 aromatic carbocycles. The molecule has 0 spiro atoms. The van der Waals surface area contributed by atoms with Crippen LogP contribution < -0.4 is 11.1 Å². The lowest BCUT2D eigenvalue weighted by molar-refractivity contribution is -0.193. The highest BCUT2D eigenvalue weighted by Gasteiger charge is 2.38. The van der Waals surface area contributed by atoms with E-state index in [0.29, 0.717) is 6.04 Å². The summed E-state index contributed by atoms with van der Waals surface area (Å²) in [6.07, 6.45) is -9.01. The van der Waals surface area contributed by atoms with Crippen LogP contribution in [-0.2, 0) is 9.59 Å². The minimum atomic E-state index is -5.08. The van der Waals surface area contributed by atoms with Crippen molar-refractivity contribution >= 4 is 11.9 Å². The van der Waals surface area contributed by atoms with E-state index in [2.05, 4.69) is 5.32 Å². The molecule has 20 heavy (non-hydrogen) atoms. The van der Waals surface area contributed by atoms with E-state index >= 15 is 0 Å². The zero-order valence-corrected chi connectivity index (χ0v) is 9.75. The van der Waals surface area contributed by atoms with Crippen LogP contribution in [0.4, 0.5) is 26.3 Å². The van der Waals surface area contributed by atoms with Gasteiger partial charge in [0.25, 0.3) is 0 Å². The van der Waals surface area contributed by atoms with Crippen LogP contribution in [0.2, 0.25) is 0 Å². The number of hydrogen-bond donors (Lipinski definition) is 4. The monoisotopic (exact) mass is 314 g/mol. The minimum Gasteiger partial charge on any atom is -0.475 e. The van der Waals surface area contributed by atoms with Gasteiger partial charge in [-0.25, -0.2) is 9.59 Å². The molecule has 0 amide bonds. The smallest absolute Gasteiger partial charge is 0.475 e. The van der Waals surface area contributed by atoms with Crippen LogP contribution in [0.25, 0.3) is 0 Å². The molecule has 1 unspecified atom stereocenters. The molecule has 1 heterocycles. The topological polar surface area (TPSA) is 113 Å². The quantitative estimate of drug-likeness (QED) is 0.486. The van der Waals surface area contributed by atoms with Crippen LogP contribution in [0.5, 0.6) is 0 Å².